The Morgan fingerprint density at radius 2 is 1.90 bits per heavy atom. The number of hydrogen-bond acceptors (Lipinski definition) is 4. The first-order valence-corrected chi connectivity index (χ1v) is 10.2. The van der Waals surface area contributed by atoms with E-state index in [4.69, 9.17) is 4.74 Å². The molecule has 1 aliphatic rings. The fraction of sp³-hybridized carbons (Fsp3) is 0.409. The number of aromatic nitrogens is 1. The second-order valence-electron chi connectivity index (χ2n) is 6.96. The molecule has 3 rings (SSSR count). The summed E-state index contributed by atoms with van der Waals surface area (Å²) in [6, 6.07) is 13.8. The number of aliphatic imine (C=N–C) groups is 1. The number of benzene rings is 1. The molecule has 1 saturated carbocycles. The van der Waals surface area contributed by atoms with Gasteiger partial charge in [0.2, 0.25) is 11.8 Å². The Balaban J connectivity index is 1.46. The molecule has 0 aliphatic heterocycles. The number of pyridine rings is 1. The number of nitrogens with one attached hydrogen (secondary N) is 3. The summed E-state index contributed by atoms with van der Waals surface area (Å²) in [4.78, 5) is 20.5. The van der Waals surface area contributed by atoms with Gasteiger partial charge in [0.15, 0.2) is 5.96 Å². The minimum Gasteiger partial charge on any atom is -0.473 e. The minimum absolute atomic E-state index is 0.161. The van der Waals surface area contributed by atoms with Crippen LogP contribution in [0.2, 0.25) is 0 Å². The zero-order valence-corrected chi connectivity index (χ0v) is 16.9. The van der Waals surface area contributed by atoms with Crippen LogP contribution in [-0.4, -0.2) is 36.5 Å². The average molecular weight is 396 g/mol. The number of carbonyl (C=O) groups is 1. The van der Waals surface area contributed by atoms with Gasteiger partial charge < -0.3 is 20.7 Å². The summed E-state index contributed by atoms with van der Waals surface area (Å²) in [5.41, 5.74) is 2.12. The van der Waals surface area contributed by atoms with E-state index in [-0.39, 0.29) is 11.8 Å². The highest BCUT2D eigenvalue weighted by Crippen LogP contribution is 2.28. The number of amides is 1. The van der Waals surface area contributed by atoms with E-state index in [1.165, 1.54) is 0 Å². The van der Waals surface area contributed by atoms with Gasteiger partial charge in [-0.2, -0.15) is 0 Å². The summed E-state index contributed by atoms with van der Waals surface area (Å²) < 4.78 is 5.78. The van der Waals surface area contributed by atoms with Crippen molar-refractivity contribution in [2.45, 2.75) is 32.9 Å². The fourth-order valence-corrected chi connectivity index (χ4v) is 2.73. The maximum Gasteiger partial charge on any atom is 0.223 e. The molecular weight excluding hydrogens is 366 g/mol. The van der Waals surface area contributed by atoms with Crippen LogP contribution in [-0.2, 0) is 17.9 Å². The Bertz CT molecular complexity index is 806. The van der Waals surface area contributed by atoms with Crippen LogP contribution in [0.5, 0.6) is 5.88 Å². The molecule has 0 atom stereocenters. The van der Waals surface area contributed by atoms with E-state index in [9.17, 15) is 4.79 Å². The third-order valence-corrected chi connectivity index (χ3v) is 4.46. The summed E-state index contributed by atoms with van der Waals surface area (Å²) >= 11 is 0. The van der Waals surface area contributed by atoms with E-state index < -0.39 is 0 Å². The molecule has 1 heterocycles. The van der Waals surface area contributed by atoms with Crippen molar-refractivity contribution in [3.05, 3.63) is 59.8 Å². The lowest BCUT2D eigenvalue weighted by Crippen LogP contribution is -2.41. The van der Waals surface area contributed by atoms with Crippen LogP contribution in [0.1, 0.15) is 30.9 Å². The second-order valence-corrected chi connectivity index (χ2v) is 6.96. The normalized spacial score (nSPS) is 13.6. The molecule has 0 spiro atoms. The first-order valence-electron chi connectivity index (χ1n) is 10.2. The van der Waals surface area contributed by atoms with Gasteiger partial charge in [-0.25, -0.2) is 9.98 Å². The van der Waals surface area contributed by atoms with Gasteiger partial charge in [-0.3, -0.25) is 4.79 Å². The molecular formula is C22H29N5O2. The molecule has 7 heteroatoms. The third kappa shape index (κ3) is 7.44. The molecule has 3 N–H and O–H groups in total. The highest BCUT2D eigenvalue weighted by Gasteiger charge is 2.28. The van der Waals surface area contributed by atoms with Crippen molar-refractivity contribution >= 4 is 11.9 Å². The van der Waals surface area contributed by atoms with Gasteiger partial charge >= 0.3 is 0 Å². The molecule has 0 unspecified atom stereocenters. The maximum atomic E-state index is 11.7. The predicted molar refractivity (Wildman–Crippen MR) is 114 cm³/mol. The monoisotopic (exact) mass is 395 g/mol. The Kier molecular flexibility index (Phi) is 7.86. The summed E-state index contributed by atoms with van der Waals surface area (Å²) in [5, 5.41) is 9.40. The molecule has 0 radical (unpaired) electrons. The van der Waals surface area contributed by atoms with Crippen LogP contribution in [0.25, 0.3) is 0 Å². The van der Waals surface area contributed by atoms with Gasteiger partial charge in [-0.15, -0.1) is 0 Å². The highest BCUT2D eigenvalue weighted by molar-refractivity contribution is 5.81. The van der Waals surface area contributed by atoms with Gasteiger partial charge in [-0.1, -0.05) is 30.3 Å². The number of ether oxygens (including phenoxy) is 1. The summed E-state index contributed by atoms with van der Waals surface area (Å²) in [6.45, 7) is 5.00. The molecule has 1 amide bonds. The van der Waals surface area contributed by atoms with Crippen molar-refractivity contribution < 1.29 is 9.53 Å². The highest BCUT2D eigenvalue weighted by atomic mass is 16.5. The van der Waals surface area contributed by atoms with Crippen LogP contribution in [0.4, 0.5) is 0 Å². The number of guanidine groups is 1. The SMILES string of the molecule is CCNC(=NCc1ccnc(OCc2ccccc2)c1)NCCNC(=O)C1CC1. The van der Waals surface area contributed by atoms with E-state index >= 15 is 0 Å². The summed E-state index contributed by atoms with van der Waals surface area (Å²) in [5.74, 6) is 1.70. The molecule has 29 heavy (non-hydrogen) atoms. The molecule has 1 fully saturated rings. The molecule has 2 aromatic rings. The van der Waals surface area contributed by atoms with Crippen LogP contribution in [0.15, 0.2) is 53.7 Å². The number of nitrogens with zero attached hydrogens (tertiary/aromatic N) is 2. The number of hydrogen-bond donors (Lipinski definition) is 3. The lowest BCUT2D eigenvalue weighted by atomic mass is 10.2. The summed E-state index contributed by atoms with van der Waals surface area (Å²) in [6.07, 6.45) is 3.78. The van der Waals surface area contributed by atoms with Crippen molar-refractivity contribution in [3.63, 3.8) is 0 Å². The number of rotatable bonds is 10. The smallest absolute Gasteiger partial charge is 0.223 e. The fourth-order valence-electron chi connectivity index (χ4n) is 2.73. The lowest BCUT2D eigenvalue weighted by molar-refractivity contribution is -0.122. The van der Waals surface area contributed by atoms with Crippen molar-refractivity contribution in [1.29, 1.82) is 0 Å². The standard InChI is InChI=1S/C22H29N5O2/c1-2-23-22(26-13-12-25-21(28)19-8-9-19)27-15-18-10-11-24-20(14-18)29-16-17-6-4-3-5-7-17/h3-7,10-11,14,19H,2,8-9,12-13,15-16H2,1H3,(H,25,28)(H2,23,26,27). The zero-order chi connectivity index (χ0) is 20.3. The molecule has 1 aliphatic carbocycles. The van der Waals surface area contributed by atoms with Crippen molar-refractivity contribution in [2.75, 3.05) is 19.6 Å². The van der Waals surface area contributed by atoms with Crippen LogP contribution in [0.3, 0.4) is 0 Å². The van der Waals surface area contributed by atoms with Gasteiger partial charge in [-0.05, 0) is 37.0 Å². The topological polar surface area (TPSA) is 87.6 Å². The van der Waals surface area contributed by atoms with Gasteiger partial charge in [0.1, 0.15) is 6.61 Å². The minimum atomic E-state index is 0.161. The van der Waals surface area contributed by atoms with Crippen molar-refractivity contribution in [1.82, 2.24) is 20.9 Å². The third-order valence-electron chi connectivity index (χ3n) is 4.46. The van der Waals surface area contributed by atoms with E-state index in [0.717, 1.165) is 36.5 Å². The number of carbonyl (C=O) groups excluding carboxylic acids is 1. The van der Waals surface area contributed by atoms with Crippen LogP contribution < -0.4 is 20.7 Å². The Labute approximate surface area is 172 Å². The molecule has 1 aromatic heterocycles. The Morgan fingerprint density at radius 3 is 2.66 bits per heavy atom. The lowest BCUT2D eigenvalue weighted by Gasteiger charge is -2.12. The average Bonchev–Trinajstić information content (AvgIpc) is 3.60. The van der Waals surface area contributed by atoms with E-state index in [2.05, 4.69) is 25.9 Å². The molecule has 0 bridgehead atoms. The zero-order valence-electron chi connectivity index (χ0n) is 16.9. The Morgan fingerprint density at radius 1 is 1.10 bits per heavy atom. The predicted octanol–water partition coefficient (Wildman–Crippen LogP) is 2.24. The van der Waals surface area contributed by atoms with Gasteiger partial charge in [0, 0.05) is 37.8 Å². The van der Waals surface area contributed by atoms with E-state index in [1.54, 1.807) is 6.20 Å². The van der Waals surface area contributed by atoms with Crippen LogP contribution >= 0.6 is 0 Å². The first-order chi connectivity index (χ1) is 14.2. The van der Waals surface area contributed by atoms with E-state index in [0.29, 0.717) is 32.1 Å². The van der Waals surface area contributed by atoms with Crippen molar-refractivity contribution in [3.8, 4) is 5.88 Å². The largest absolute Gasteiger partial charge is 0.473 e. The molecule has 0 saturated heterocycles. The summed E-state index contributed by atoms with van der Waals surface area (Å²) in [7, 11) is 0. The van der Waals surface area contributed by atoms with Crippen molar-refractivity contribution in [2.24, 2.45) is 10.9 Å². The first kappa shape index (κ1) is 20.6. The maximum absolute atomic E-state index is 11.7. The Hall–Kier alpha value is -3.09. The molecule has 7 nitrogen and oxygen atoms in total. The van der Waals surface area contributed by atoms with Gasteiger partial charge in [0.05, 0.1) is 6.54 Å². The molecule has 1 aromatic carbocycles. The van der Waals surface area contributed by atoms with Gasteiger partial charge in [0.25, 0.3) is 0 Å². The van der Waals surface area contributed by atoms with Crippen LogP contribution in [0, 0.1) is 5.92 Å². The second kappa shape index (κ2) is 11.0. The van der Waals surface area contributed by atoms with E-state index in [1.807, 2.05) is 49.4 Å². The quantitative estimate of drug-likeness (QED) is 0.326. The molecule has 154 valence electrons.